The Hall–Kier alpha value is -1.51. The summed E-state index contributed by atoms with van der Waals surface area (Å²) in [6.45, 7) is 2.63. The van der Waals surface area contributed by atoms with Crippen LogP contribution in [0.5, 0.6) is 5.75 Å². The van der Waals surface area contributed by atoms with Gasteiger partial charge in [-0.2, -0.15) is 0 Å². The van der Waals surface area contributed by atoms with E-state index in [-0.39, 0.29) is 0 Å². The van der Waals surface area contributed by atoms with Crippen LogP contribution in [0.4, 0.5) is 0 Å². The van der Waals surface area contributed by atoms with Gasteiger partial charge in [-0.05, 0) is 19.1 Å². The molecule has 2 aromatic heterocycles. The third kappa shape index (κ3) is 1.03. The fourth-order valence-corrected chi connectivity index (χ4v) is 1.20. The Labute approximate surface area is 70.4 Å². The summed E-state index contributed by atoms with van der Waals surface area (Å²) in [5.41, 5.74) is 1.92. The van der Waals surface area contributed by atoms with Gasteiger partial charge >= 0.3 is 0 Å². The van der Waals surface area contributed by atoms with Crippen LogP contribution in [0.15, 0.2) is 24.5 Å². The first kappa shape index (κ1) is 7.16. The Bertz CT molecular complexity index is 381. The van der Waals surface area contributed by atoms with Crippen molar-refractivity contribution in [3.63, 3.8) is 0 Å². The molecule has 0 atom stereocenters. The number of nitrogens with one attached hydrogen (secondary N) is 1. The standard InChI is InChI=1S/C9H10N2O/c1-2-12-8-6-11-7-4-3-5-10-9(7)8/h3-6,11H,2H2,1H3. The van der Waals surface area contributed by atoms with Crippen LogP contribution in [0.1, 0.15) is 6.92 Å². The number of pyridine rings is 1. The van der Waals surface area contributed by atoms with Crippen molar-refractivity contribution in [1.29, 1.82) is 0 Å². The average Bonchev–Trinajstić information content (AvgIpc) is 2.50. The second-order valence-corrected chi connectivity index (χ2v) is 2.49. The largest absolute Gasteiger partial charge is 0.490 e. The van der Waals surface area contributed by atoms with E-state index in [0.717, 1.165) is 16.8 Å². The zero-order valence-electron chi connectivity index (χ0n) is 6.87. The zero-order valence-corrected chi connectivity index (χ0v) is 6.87. The maximum Gasteiger partial charge on any atom is 0.162 e. The normalized spacial score (nSPS) is 10.4. The van der Waals surface area contributed by atoms with Crippen LogP contribution in [0.2, 0.25) is 0 Å². The fourth-order valence-electron chi connectivity index (χ4n) is 1.20. The minimum Gasteiger partial charge on any atom is -0.490 e. The lowest BCUT2D eigenvalue weighted by molar-refractivity contribution is 0.343. The number of nitrogens with zero attached hydrogens (tertiary/aromatic N) is 1. The quantitative estimate of drug-likeness (QED) is 0.733. The van der Waals surface area contributed by atoms with Crippen LogP contribution < -0.4 is 4.74 Å². The summed E-state index contributed by atoms with van der Waals surface area (Å²) in [7, 11) is 0. The van der Waals surface area contributed by atoms with Gasteiger partial charge in [-0.25, -0.2) is 0 Å². The summed E-state index contributed by atoms with van der Waals surface area (Å²) in [6.07, 6.45) is 3.60. The molecule has 12 heavy (non-hydrogen) atoms. The second-order valence-electron chi connectivity index (χ2n) is 2.49. The van der Waals surface area contributed by atoms with Crippen LogP contribution in [-0.4, -0.2) is 16.6 Å². The Morgan fingerprint density at radius 1 is 1.58 bits per heavy atom. The molecule has 0 bridgehead atoms. The van der Waals surface area contributed by atoms with E-state index < -0.39 is 0 Å². The molecule has 2 heterocycles. The smallest absolute Gasteiger partial charge is 0.162 e. The number of rotatable bonds is 2. The highest BCUT2D eigenvalue weighted by molar-refractivity contribution is 5.81. The number of ether oxygens (including phenoxy) is 1. The highest BCUT2D eigenvalue weighted by atomic mass is 16.5. The number of hydrogen-bond acceptors (Lipinski definition) is 2. The van der Waals surface area contributed by atoms with Gasteiger partial charge < -0.3 is 9.72 Å². The highest BCUT2D eigenvalue weighted by Gasteiger charge is 2.02. The first-order valence-electron chi connectivity index (χ1n) is 3.96. The van der Waals surface area contributed by atoms with Crippen molar-refractivity contribution in [3.8, 4) is 5.75 Å². The van der Waals surface area contributed by atoms with Crippen molar-refractivity contribution in [3.05, 3.63) is 24.5 Å². The molecule has 0 saturated heterocycles. The van der Waals surface area contributed by atoms with Gasteiger partial charge in [0.25, 0.3) is 0 Å². The fraction of sp³-hybridized carbons (Fsp3) is 0.222. The van der Waals surface area contributed by atoms with E-state index in [9.17, 15) is 0 Å². The molecule has 0 aliphatic carbocycles. The van der Waals surface area contributed by atoms with E-state index in [1.807, 2.05) is 25.3 Å². The molecule has 0 aliphatic heterocycles. The minimum atomic E-state index is 0.670. The number of hydrogen-bond donors (Lipinski definition) is 1. The molecule has 2 aromatic rings. The Morgan fingerprint density at radius 2 is 2.50 bits per heavy atom. The summed E-state index contributed by atoms with van der Waals surface area (Å²) < 4.78 is 5.37. The Morgan fingerprint density at radius 3 is 3.33 bits per heavy atom. The summed E-state index contributed by atoms with van der Waals surface area (Å²) in [5.74, 6) is 0.827. The van der Waals surface area contributed by atoms with Gasteiger partial charge in [0.1, 0.15) is 5.52 Å². The number of aromatic amines is 1. The van der Waals surface area contributed by atoms with Crippen LogP contribution in [-0.2, 0) is 0 Å². The molecule has 2 rings (SSSR count). The van der Waals surface area contributed by atoms with Gasteiger partial charge in [-0.15, -0.1) is 0 Å². The van der Waals surface area contributed by atoms with Crippen LogP contribution in [0.3, 0.4) is 0 Å². The summed E-state index contributed by atoms with van der Waals surface area (Å²) in [6, 6.07) is 3.87. The van der Waals surface area contributed by atoms with Crippen LogP contribution in [0, 0.1) is 0 Å². The molecule has 0 spiro atoms. The van der Waals surface area contributed by atoms with Crippen molar-refractivity contribution < 1.29 is 4.74 Å². The van der Waals surface area contributed by atoms with E-state index in [0.29, 0.717) is 6.61 Å². The van der Waals surface area contributed by atoms with Crippen molar-refractivity contribution in [2.24, 2.45) is 0 Å². The first-order valence-corrected chi connectivity index (χ1v) is 3.96. The van der Waals surface area contributed by atoms with Gasteiger partial charge in [0.15, 0.2) is 5.75 Å². The van der Waals surface area contributed by atoms with Crippen molar-refractivity contribution in [2.45, 2.75) is 6.92 Å². The SMILES string of the molecule is CCOc1c[nH]c2cccnc12. The lowest BCUT2D eigenvalue weighted by Gasteiger charge is -1.97. The van der Waals surface area contributed by atoms with Crippen molar-refractivity contribution in [1.82, 2.24) is 9.97 Å². The van der Waals surface area contributed by atoms with Crippen LogP contribution >= 0.6 is 0 Å². The van der Waals surface area contributed by atoms with Crippen molar-refractivity contribution >= 4 is 11.0 Å². The highest BCUT2D eigenvalue weighted by Crippen LogP contribution is 2.21. The molecule has 0 fully saturated rings. The monoisotopic (exact) mass is 162 g/mol. The molecule has 1 N–H and O–H groups in total. The van der Waals surface area contributed by atoms with E-state index in [1.165, 1.54) is 0 Å². The Kier molecular flexibility index (Phi) is 1.70. The molecule has 0 amide bonds. The van der Waals surface area contributed by atoms with Crippen LogP contribution in [0.25, 0.3) is 11.0 Å². The first-order chi connectivity index (χ1) is 5.92. The summed E-state index contributed by atoms with van der Waals surface area (Å²) in [4.78, 5) is 7.29. The average molecular weight is 162 g/mol. The maximum atomic E-state index is 5.37. The lowest BCUT2D eigenvalue weighted by Crippen LogP contribution is -1.89. The molecular formula is C9H10N2O. The molecule has 3 nitrogen and oxygen atoms in total. The van der Waals surface area contributed by atoms with Gasteiger partial charge in [0.05, 0.1) is 12.1 Å². The molecule has 0 saturated carbocycles. The van der Waals surface area contributed by atoms with Gasteiger partial charge in [0.2, 0.25) is 0 Å². The predicted molar refractivity (Wildman–Crippen MR) is 47.3 cm³/mol. The van der Waals surface area contributed by atoms with E-state index in [4.69, 9.17) is 4.74 Å². The van der Waals surface area contributed by atoms with E-state index in [2.05, 4.69) is 9.97 Å². The van der Waals surface area contributed by atoms with Gasteiger partial charge in [-0.1, -0.05) is 0 Å². The number of fused-ring (bicyclic) bond motifs is 1. The zero-order chi connectivity index (χ0) is 8.39. The predicted octanol–water partition coefficient (Wildman–Crippen LogP) is 1.96. The Balaban J connectivity index is 2.55. The molecule has 0 aromatic carbocycles. The van der Waals surface area contributed by atoms with E-state index >= 15 is 0 Å². The molecule has 0 unspecified atom stereocenters. The molecular weight excluding hydrogens is 152 g/mol. The maximum absolute atomic E-state index is 5.37. The van der Waals surface area contributed by atoms with Crippen molar-refractivity contribution in [2.75, 3.05) is 6.61 Å². The third-order valence-electron chi connectivity index (χ3n) is 1.70. The molecule has 3 heteroatoms. The topological polar surface area (TPSA) is 37.9 Å². The third-order valence-corrected chi connectivity index (χ3v) is 1.70. The molecule has 62 valence electrons. The summed E-state index contributed by atoms with van der Waals surface area (Å²) in [5, 5.41) is 0. The van der Waals surface area contributed by atoms with Gasteiger partial charge in [-0.3, -0.25) is 4.98 Å². The molecule has 0 radical (unpaired) electrons. The number of aromatic nitrogens is 2. The second kappa shape index (κ2) is 2.85. The van der Waals surface area contributed by atoms with E-state index in [1.54, 1.807) is 6.20 Å². The molecule has 0 aliphatic rings. The summed E-state index contributed by atoms with van der Waals surface area (Å²) >= 11 is 0. The number of H-pyrrole nitrogens is 1. The minimum absolute atomic E-state index is 0.670. The van der Waals surface area contributed by atoms with Gasteiger partial charge in [0, 0.05) is 12.4 Å². The lowest BCUT2D eigenvalue weighted by atomic mass is 10.4.